The van der Waals surface area contributed by atoms with Crippen LogP contribution in [0.3, 0.4) is 0 Å². The average Bonchev–Trinajstić information content (AvgIpc) is 2.36. The van der Waals surface area contributed by atoms with Crippen molar-refractivity contribution in [2.75, 3.05) is 5.73 Å². The van der Waals surface area contributed by atoms with Gasteiger partial charge in [0.15, 0.2) is 0 Å². The maximum Gasteiger partial charge on any atom is 0.242 e. The molecule has 1 aromatic carbocycles. The maximum absolute atomic E-state index is 11.9. The third kappa shape index (κ3) is 6.79. The predicted molar refractivity (Wildman–Crippen MR) is 84.7 cm³/mol. The molecule has 4 N–H and O–H groups in total. The zero-order valence-corrected chi connectivity index (χ0v) is 13.2. The molecule has 0 radical (unpaired) electrons. The van der Waals surface area contributed by atoms with Gasteiger partial charge in [0.1, 0.15) is 6.04 Å². The molecular weight excluding hydrogens is 266 g/mol. The van der Waals surface area contributed by atoms with Crippen molar-refractivity contribution in [3.8, 4) is 0 Å². The van der Waals surface area contributed by atoms with Crippen LogP contribution in [0.25, 0.3) is 0 Å². The lowest BCUT2D eigenvalue weighted by Crippen LogP contribution is -2.50. The van der Waals surface area contributed by atoms with Crippen LogP contribution in [0.1, 0.15) is 39.7 Å². The second-order valence-corrected chi connectivity index (χ2v) is 6.27. The lowest BCUT2D eigenvalue weighted by Gasteiger charge is -2.23. The summed E-state index contributed by atoms with van der Waals surface area (Å²) in [6, 6.07) is 6.89. The molecule has 0 saturated carbocycles. The van der Waals surface area contributed by atoms with E-state index in [0.29, 0.717) is 18.5 Å². The first-order valence-electron chi connectivity index (χ1n) is 7.13. The van der Waals surface area contributed by atoms with Crippen molar-refractivity contribution in [3.63, 3.8) is 0 Å². The molecule has 21 heavy (non-hydrogen) atoms. The van der Waals surface area contributed by atoms with Crippen LogP contribution in [0.15, 0.2) is 24.3 Å². The van der Waals surface area contributed by atoms with Crippen LogP contribution >= 0.6 is 0 Å². The number of hydrogen-bond donors (Lipinski definition) is 3. The van der Waals surface area contributed by atoms with Crippen molar-refractivity contribution >= 4 is 17.5 Å². The normalized spacial score (nSPS) is 12.6. The highest BCUT2D eigenvalue weighted by atomic mass is 16.2. The monoisotopic (exact) mass is 291 g/mol. The Kier molecular flexibility index (Phi) is 5.76. The van der Waals surface area contributed by atoms with E-state index < -0.39 is 6.04 Å². The van der Waals surface area contributed by atoms with Gasteiger partial charge >= 0.3 is 0 Å². The fourth-order valence-corrected chi connectivity index (χ4v) is 1.80. The summed E-state index contributed by atoms with van der Waals surface area (Å²) in [4.78, 5) is 23.7. The highest BCUT2D eigenvalue weighted by Gasteiger charge is 2.20. The summed E-state index contributed by atoms with van der Waals surface area (Å²) >= 11 is 0. The largest absolute Gasteiger partial charge is 0.399 e. The minimum Gasteiger partial charge on any atom is -0.399 e. The maximum atomic E-state index is 11.9. The third-order valence-electron chi connectivity index (χ3n) is 2.89. The zero-order chi connectivity index (χ0) is 16.0. The quantitative estimate of drug-likeness (QED) is 0.721. The number of nitrogens with one attached hydrogen (secondary N) is 2. The molecule has 1 rings (SSSR count). The molecule has 0 aliphatic rings. The van der Waals surface area contributed by atoms with Gasteiger partial charge in [-0.25, -0.2) is 0 Å². The van der Waals surface area contributed by atoms with Gasteiger partial charge in [0.05, 0.1) is 0 Å². The first-order chi connectivity index (χ1) is 9.67. The van der Waals surface area contributed by atoms with Gasteiger partial charge < -0.3 is 16.4 Å². The van der Waals surface area contributed by atoms with E-state index in [9.17, 15) is 9.59 Å². The molecule has 5 nitrogen and oxygen atoms in total. The molecule has 0 bridgehead atoms. The van der Waals surface area contributed by atoms with Crippen LogP contribution in [0, 0.1) is 0 Å². The Morgan fingerprint density at radius 3 is 2.29 bits per heavy atom. The number of aryl methyl sites for hydroxylation is 1. The fourth-order valence-electron chi connectivity index (χ4n) is 1.80. The second kappa shape index (κ2) is 7.11. The topological polar surface area (TPSA) is 84.2 Å². The van der Waals surface area contributed by atoms with Gasteiger partial charge in [0, 0.05) is 17.6 Å². The van der Waals surface area contributed by atoms with E-state index in [1.807, 2.05) is 45.0 Å². The summed E-state index contributed by atoms with van der Waals surface area (Å²) < 4.78 is 0. The van der Waals surface area contributed by atoms with Crippen LogP contribution in [-0.2, 0) is 16.0 Å². The minimum atomic E-state index is -0.539. The van der Waals surface area contributed by atoms with Crippen LogP contribution < -0.4 is 16.4 Å². The highest BCUT2D eigenvalue weighted by Crippen LogP contribution is 2.07. The van der Waals surface area contributed by atoms with E-state index in [4.69, 9.17) is 5.73 Å². The Morgan fingerprint density at radius 1 is 1.19 bits per heavy atom. The molecule has 116 valence electrons. The number of carbonyl (C=O) groups is 2. The Bertz CT molecular complexity index is 489. The van der Waals surface area contributed by atoms with Crippen molar-refractivity contribution in [1.82, 2.24) is 10.6 Å². The molecule has 0 fully saturated rings. The Hall–Kier alpha value is -2.04. The molecule has 0 spiro atoms. The highest BCUT2D eigenvalue weighted by molar-refractivity contribution is 5.87. The molecule has 0 aliphatic carbocycles. The molecule has 2 amide bonds. The van der Waals surface area contributed by atoms with Crippen LogP contribution in [0.2, 0.25) is 0 Å². The summed E-state index contributed by atoms with van der Waals surface area (Å²) in [7, 11) is 0. The van der Waals surface area contributed by atoms with Gasteiger partial charge in [-0.1, -0.05) is 12.1 Å². The number of nitrogens with two attached hydrogens (primary N) is 1. The number of hydrogen-bond acceptors (Lipinski definition) is 3. The lowest BCUT2D eigenvalue weighted by molar-refractivity contribution is -0.129. The predicted octanol–water partition coefficient (Wildman–Crippen LogP) is 1.62. The van der Waals surface area contributed by atoms with Gasteiger partial charge in [0.25, 0.3) is 0 Å². The van der Waals surface area contributed by atoms with Gasteiger partial charge in [0.2, 0.25) is 11.8 Å². The van der Waals surface area contributed by atoms with Crippen LogP contribution in [-0.4, -0.2) is 23.4 Å². The van der Waals surface area contributed by atoms with Gasteiger partial charge in [-0.15, -0.1) is 0 Å². The number of carbonyl (C=O) groups excluding carboxylic acids is 2. The van der Waals surface area contributed by atoms with E-state index in [0.717, 1.165) is 5.56 Å². The average molecular weight is 291 g/mol. The van der Waals surface area contributed by atoms with Crippen molar-refractivity contribution in [3.05, 3.63) is 29.8 Å². The van der Waals surface area contributed by atoms with Gasteiger partial charge in [-0.05, 0) is 51.8 Å². The molecule has 0 aliphatic heterocycles. The summed E-state index contributed by atoms with van der Waals surface area (Å²) in [6.45, 7) is 7.39. The van der Waals surface area contributed by atoms with E-state index in [-0.39, 0.29) is 17.4 Å². The van der Waals surface area contributed by atoms with Crippen molar-refractivity contribution < 1.29 is 9.59 Å². The zero-order valence-electron chi connectivity index (χ0n) is 13.2. The van der Waals surface area contributed by atoms with Gasteiger partial charge in [-0.2, -0.15) is 0 Å². The third-order valence-corrected chi connectivity index (χ3v) is 2.89. The van der Waals surface area contributed by atoms with Crippen LogP contribution in [0.5, 0.6) is 0 Å². The SMILES string of the molecule is CC(NC(=O)CCc1ccc(N)cc1)C(=O)NC(C)(C)C. The molecule has 1 atom stereocenters. The minimum absolute atomic E-state index is 0.136. The Labute approximate surface area is 126 Å². The number of anilines is 1. The summed E-state index contributed by atoms with van der Waals surface area (Å²) in [5.41, 5.74) is 7.05. The number of benzene rings is 1. The lowest BCUT2D eigenvalue weighted by atomic mass is 10.1. The van der Waals surface area contributed by atoms with Crippen molar-refractivity contribution in [1.29, 1.82) is 0 Å². The molecule has 1 aromatic rings. The van der Waals surface area contributed by atoms with E-state index in [1.54, 1.807) is 6.92 Å². The standard InChI is InChI=1S/C16H25N3O2/c1-11(15(21)19-16(2,3)4)18-14(20)10-7-12-5-8-13(17)9-6-12/h5-6,8-9,11H,7,10,17H2,1-4H3,(H,18,20)(H,19,21). The molecule has 0 aromatic heterocycles. The number of nitrogen functional groups attached to an aromatic ring is 1. The van der Waals surface area contributed by atoms with E-state index in [1.165, 1.54) is 0 Å². The summed E-state index contributed by atoms with van der Waals surface area (Å²) in [5.74, 6) is -0.313. The van der Waals surface area contributed by atoms with Crippen molar-refractivity contribution in [2.45, 2.75) is 52.1 Å². The first kappa shape index (κ1) is 17.0. The summed E-state index contributed by atoms with van der Waals surface area (Å²) in [5, 5.41) is 5.54. The van der Waals surface area contributed by atoms with Gasteiger partial charge in [-0.3, -0.25) is 9.59 Å². The summed E-state index contributed by atoms with van der Waals surface area (Å²) in [6.07, 6.45) is 0.969. The van der Waals surface area contributed by atoms with Crippen LogP contribution in [0.4, 0.5) is 5.69 Å². The van der Waals surface area contributed by atoms with E-state index >= 15 is 0 Å². The Morgan fingerprint density at radius 2 is 1.76 bits per heavy atom. The smallest absolute Gasteiger partial charge is 0.242 e. The second-order valence-electron chi connectivity index (χ2n) is 6.27. The Balaban J connectivity index is 2.39. The molecule has 0 saturated heterocycles. The molecule has 1 unspecified atom stereocenters. The number of rotatable bonds is 5. The molecular formula is C16H25N3O2. The van der Waals surface area contributed by atoms with Crippen molar-refractivity contribution in [2.24, 2.45) is 0 Å². The first-order valence-corrected chi connectivity index (χ1v) is 7.13. The molecule has 5 heteroatoms. The fraction of sp³-hybridized carbons (Fsp3) is 0.500. The molecule has 0 heterocycles. The van der Waals surface area contributed by atoms with E-state index in [2.05, 4.69) is 10.6 Å². The number of amides is 2.